The summed E-state index contributed by atoms with van der Waals surface area (Å²) in [6.07, 6.45) is 1.59. The number of rotatable bonds is 0. The maximum Gasteiger partial charge on any atom is 0.170 e. The largest absolute Gasteiger partial charge is 0.508 e. The van der Waals surface area contributed by atoms with Crippen LogP contribution in [0.4, 0.5) is 0 Å². The van der Waals surface area contributed by atoms with Crippen molar-refractivity contribution in [3.05, 3.63) is 41.5 Å². The number of aliphatic hydroxyl groups excluding tert-OH is 1. The molecule has 2 rings (SSSR count). The summed E-state index contributed by atoms with van der Waals surface area (Å²) in [5, 5.41) is 9.56. The summed E-state index contributed by atoms with van der Waals surface area (Å²) in [6, 6.07) is 7.12. The molecule has 0 saturated carbocycles. The minimum absolute atomic E-state index is 0.0772. The minimum Gasteiger partial charge on any atom is -0.508 e. The highest BCUT2D eigenvalue weighted by Crippen LogP contribution is 2.26. The quantitative estimate of drug-likeness (QED) is 0.655. The SMILES string of the molecule is CC1C=C(O)c2ccccc2C1=O. The first kappa shape index (κ1) is 8.05. The predicted octanol–water partition coefficient (Wildman–Crippen LogP) is 2.42. The van der Waals surface area contributed by atoms with Gasteiger partial charge in [-0.2, -0.15) is 0 Å². The van der Waals surface area contributed by atoms with E-state index in [1.54, 1.807) is 25.1 Å². The molecule has 0 fully saturated rings. The van der Waals surface area contributed by atoms with E-state index in [1.165, 1.54) is 0 Å². The molecule has 0 heterocycles. The Bertz CT molecular complexity index is 391. The lowest BCUT2D eigenvalue weighted by Crippen LogP contribution is -2.16. The van der Waals surface area contributed by atoms with Crippen molar-refractivity contribution < 1.29 is 9.90 Å². The van der Waals surface area contributed by atoms with Crippen molar-refractivity contribution in [2.75, 3.05) is 0 Å². The lowest BCUT2D eigenvalue weighted by atomic mass is 9.88. The van der Waals surface area contributed by atoms with Crippen molar-refractivity contribution in [1.82, 2.24) is 0 Å². The second-order valence-electron chi connectivity index (χ2n) is 3.25. The van der Waals surface area contributed by atoms with Crippen LogP contribution in [-0.2, 0) is 0 Å². The number of Topliss-reactive ketones (excluding diaryl/α,β-unsaturated/α-hetero) is 1. The maximum atomic E-state index is 11.6. The molecule has 1 aliphatic carbocycles. The van der Waals surface area contributed by atoms with E-state index in [0.29, 0.717) is 11.1 Å². The molecule has 13 heavy (non-hydrogen) atoms. The molecule has 0 amide bonds. The Labute approximate surface area is 76.5 Å². The van der Waals surface area contributed by atoms with Gasteiger partial charge in [0.2, 0.25) is 0 Å². The van der Waals surface area contributed by atoms with Gasteiger partial charge >= 0.3 is 0 Å². The molecule has 0 aliphatic heterocycles. The highest BCUT2D eigenvalue weighted by molar-refractivity contribution is 6.05. The summed E-state index contributed by atoms with van der Waals surface area (Å²) < 4.78 is 0. The van der Waals surface area contributed by atoms with Gasteiger partial charge in [0.15, 0.2) is 5.78 Å². The molecule has 1 aliphatic rings. The zero-order valence-electron chi connectivity index (χ0n) is 7.32. The van der Waals surface area contributed by atoms with Crippen LogP contribution in [0.1, 0.15) is 22.8 Å². The van der Waals surface area contributed by atoms with Gasteiger partial charge < -0.3 is 5.11 Å². The average Bonchev–Trinajstić information content (AvgIpc) is 2.15. The molecule has 1 unspecified atom stereocenters. The average molecular weight is 174 g/mol. The van der Waals surface area contributed by atoms with Crippen LogP contribution in [0.5, 0.6) is 0 Å². The lowest BCUT2D eigenvalue weighted by Gasteiger charge is -2.16. The molecule has 2 nitrogen and oxygen atoms in total. The van der Waals surface area contributed by atoms with Gasteiger partial charge in [-0.15, -0.1) is 0 Å². The van der Waals surface area contributed by atoms with Gasteiger partial charge in [0.25, 0.3) is 0 Å². The van der Waals surface area contributed by atoms with Crippen LogP contribution in [0.3, 0.4) is 0 Å². The normalized spacial score (nSPS) is 20.8. The Hall–Kier alpha value is -1.57. The van der Waals surface area contributed by atoms with Gasteiger partial charge in [0, 0.05) is 17.0 Å². The van der Waals surface area contributed by atoms with Crippen LogP contribution in [0.15, 0.2) is 30.3 Å². The van der Waals surface area contributed by atoms with E-state index in [2.05, 4.69) is 0 Å². The fourth-order valence-electron chi connectivity index (χ4n) is 1.57. The van der Waals surface area contributed by atoms with E-state index in [1.807, 2.05) is 12.1 Å². The van der Waals surface area contributed by atoms with Crippen molar-refractivity contribution in [1.29, 1.82) is 0 Å². The monoisotopic (exact) mass is 174 g/mol. The van der Waals surface area contributed by atoms with E-state index in [-0.39, 0.29) is 17.5 Å². The topological polar surface area (TPSA) is 37.3 Å². The first-order valence-corrected chi connectivity index (χ1v) is 4.24. The molecule has 1 aromatic carbocycles. The second kappa shape index (κ2) is 2.73. The fraction of sp³-hybridized carbons (Fsp3) is 0.182. The molecule has 1 aromatic rings. The number of fused-ring (bicyclic) bond motifs is 1. The third-order valence-electron chi connectivity index (χ3n) is 2.29. The van der Waals surface area contributed by atoms with E-state index in [0.717, 1.165) is 0 Å². The van der Waals surface area contributed by atoms with Gasteiger partial charge in [-0.3, -0.25) is 4.79 Å². The Morgan fingerprint density at radius 2 is 1.85 bits per heavy atom. The minimum atomic E-state index is -0.213. The summed E-state index contributed by atoms with van der Waals surface area (Å²) in [5.41, 5.74) is 1.26. The number of carbonyl (C=O) groups is 1. The first-order chi connectivity index (χ1) is 6.20. The summed E-state index contributed by atoms with van der Waals surface area (Å²) in [6.45, 7) is 1.79. The van der Waals surface area contributed by atoms with Crippen LogP contribution >= 0.6 is 0 Å². The summed E-state index contributed by atoms with van der Waals surface area (Å²) >= 11 is 0. The van der Waals surface area contributed by atoms with Gasteiger partial charge in [-0.05, 0) is 6.08 Å². The molecule has 0 spiro atoms. The lowest BCUT2D eigenvalue weighted by molar-refractivity contribution is 0.0949. The fourth-order valence-corrected chi connectivity index (χ4v) is 1.57. The van der Waals surface area contributed by atoms with Gasteiger partial charge in [-0.1, -0.05) is 31.2 Å². The summed E-state index contributed by atoms with van der Waals surface area (Å²) in [5.74, 6) is 0.0750. The number of benzene rings is 1. The molecule has 0 aromatic heterocycles. The first-order valence-electron chi connectivity index (χ1n) is 4.24. The van der Waals surface area contributed by atoms with Crippen LogP contribution in [0.25, 0.3) is 5.76 Å². The summed E-state index contributed by atoms with van der Waals surface area (Å²) in [4.78, 5) is 11.6. The van der Waals surface area contributed by atoms with Crippen molar-refractivity contribution in [2.45, 2.75) is 6.92 Å². The molecular weight excluding hydrogens is 164 g/mol. The maximum absolute atomic E-state index is 11.6. The third-order valence-corrected chi connectivity index (χ3v) is 2.29. The van der Waals surface area contributed by atoms with Gasteiger partial charge in [0.05, 0.1) is 0 Å². The molecule has 0 bridgehead atoms. The Morgan fingerprint density at radius 3 is 2.54 bits per heavy atom. The summed E-state index contributed by atoms with van der Waals surface area (Å²) in [7, 11) is 0. The zero-order chi connectivity index (χ0) is 9.42. The van der Waals surface area contributed by atoms with Crippen LogP contribution < -0.4 is 0 Å². The van der Waals surface area contributed by atoms with Crippen molar-refractivity contribution in [2.24, 2.45) is 5.92 Å². The number of hydrogen-bond donors (Lipinski definition) is 1. The number of ketones is 1. The van der Waals surface area contributed by atoms with Crippen LogP contribution in [0.2, 0.25) is 0 Å². The van der Waals surface area contributed by atoms with E-state index in [9.17, 15) is 9.90 Å². The molecule has 0 radical (unpaired) electrons. The Kier molecular flexibility index (Phi) is 1.69. The standard InChI is InChI=1S/C11H10O2/c1-7-6-10(12)8-4-2-3-5-9(8)11(7)13/h2-7,12H,1H3. The van der Waals surface area contributed by atoms with Gasteiger partial charge in [0.1, 0.15) is 5.76 Å². The van der Waals surface area contributed by atoms with Crippen LogP contribution in [-0.4, -0.2) is 10.9 Å². The van der Waals surface area contributed by atoms with Gasteiger partial charge in [-0.25, -0.2) is 0 Å². The van der Waals surface area contributed by atoms with Crippen molar-refractivity contribution in [3.63, 3.8) is 0 Å². The highest BCUT2D eigenvalue weighted by atomic mass is 16.3. The molecule has 1 atom stereocenters. The molecule has 0 saturated heterocycles. The molecule has 1 N–H and O–H groups in total. The second-order valence-corrected chi connectivity index (χ2v) is 3.25. The molecule has 66 valence electrons. The van der Waals surface area contributed by atoms with E-state index < -0.39 is 0 Å². The van der Waals surface area contributed by atoms with Crippen molar-refractivity contribution in [3.8, 4) is 0 Å². The molecule has 2 heteroatoms. The predicted molar refractivity (Wildman–Crippen MR) is 50.5 cm³/mol. The number of hydrogen-bond acceptors (Lipinski definition) is 2. The highest BCUT2D eigenvalue weighted by Gasteiger charge is 2.23. The van der Waals surface area contributed by atoms with E-state index >= 15 is 0 Å². The van der Waals surface area contributed by atoms with Crippen LogP contribution in [0, 0.1) is 5.92 Å². The Morgan fingerprint density at radius 1 is 1.23 bits per heavy atom. The number of carbonyl (C=O) groups excluding carboxylic acids is 1. The Balaban J connectivity index is 2.65. The zero-order valence-corrected chi connectivity index (χ0v) is 7.32. The number of allylic oxidation sites excluding steroid dienone is 1. The third kappa shape index (κ3) is 1.15. The van der Waals surface area contributed by atoms with E-state index in [4.69, 9.17) is 0 Å². The molecular formula is C11H10O2. The van der Waals surface area contributed by atoms with Crippen molar-refractivity contribution >= 4 is 11.5 Å². The number of aliphatic hydroxyl groups is 1. The smallest absolute Gasteiger partial charge is 0.170 e.